The summed E-state index contributed by atoms with van der Waals surface area (Å²) in [6.07, 6.45) is 3.03. The maximum atomic E-state index is 13.3. The van der Waals surface area contributed by atoms with E-state index in [4.69, 9.17) is 15.2 Å². The molecule has 2 saturated heterocycles. The fraction of sp³-hybridized carbons (Fsp3) is 0.552. The van der Waals surface area contributed by atoms with Crippen LogP contribution >= 0.6 is 0 Å². The van der Waals surface area contributed by atoms with Gasteiger partial charge in [-0.1, -0.05) is 36.4 Å². The van der Waals surface area contributed by atoms with Crippen molar-refractivity contribution in [2.75, 3.05) is 39.9 Å². The Labute approximate surface area is 220 Å². The maximum absolute atomic E-state index is 13.3. The number of unbranched alkanes of at least 4 members (excludes halogenated alkanes) is 1. The zero-order valence-electron chi connectivity index (χ0n) is 22.0. The van der Waals surface area contributed by atoms with Gasteiger partial charge in [-0.2, -0.15) is 0 Å². The summed E-state index contributed by atoms with van der Waals surface area (Å²) >= 11 is 0. The largest absolute Gasteiger partial charge is 0.457 e. The second kappa shape index (κ2) is 12.3. The van der Waals surface area contributed by atoms with Crippen molar-refractivity contribution in [3.8, 4) is 11.5 Å². The highest BCUT2D eigenvalue weighted by atomic mass is 16.5. The van der Waals surface area contributed by atoms with Gasteiger partial charge >= 0.3 is 6.03 Å². The first-order valence-corrected chi connectivity index (χ1v) is 13.3. The zero-order valence-corrected chi connectivity index (χ0v) is 22.0. The van der Waals surface area contributed by atoms with Crippen molar-refractivity contribution in [2.24, 2.45) is 11.7 Å². The highest BCUT2D eigenvalue weighted by Crippen LogP contribution is 2.44. The number of para-hydroxylation sites is 2. The predicted molar refractivity (Wildman–Crippen MR) is 143 cm³/mol. The molecule has 0 aliphatic carbocycles. The van der Waals surface area contributed by atoms with Crippen LogP contribution in [0, 0.1) is 12.8 Å². The number of hydrogen-bond acceptors (Lipinski definition) is 6. The summed E-state index contributed by atoms with van der Waals surface area (Å²) in [4.78, 5) is 16.7. The predicted octanol–water partition coefficient (Wildman–Crippen LogP) is 3.63. The van der Waals surface area contributed by atoms with Crippen LogP contribution in [-0.4, -0.2) is 78.1 Å². The topological polar surface area (TPSA) is 108 Å². The normalized spacial score (nSPS) is 23.6. The summed E-state index contributed by atoms with van der Waals surface area (Å²) in [5.74, 6) is 1.21. The number of rotatable bonds is 9. The molecule has 4 N–H and O–H groups in total. The van der Waals surface area contributed by atoms with Gasteiger partial charge in [-0.3, -0.25) is 0 Å². The highest BCUT2D eigenvalue weighted by molar-refractivity contribution is 5.75. The highest BCUT2D eigenvalue weighted by Gasteiger charge is 2.44. The molecule has 0 saturated carbocycles. The van der Waals surface area contributed by atoms with Crippen molar-refractivity contribution < 1.29 is 24.5 Å². The van der Waals surface area contributed by atoms with Gasteiger partial charge in [0.05, 0.1) is 11.7 Å². The summed E-state index contributed by atoms with van der Waals surface area (Å²) in [6, 6.07) is 15.0. The van der Waals surface area contributed by atoms with Gasteiger partial charge in [-0.05, 0) is 56.7 Å². The second-order valence-electron chi connectivity index (χ2n) is 10.4. The van der Waals surface area contributed by atoms with Gasteiger partial charge in [0.2, 0.25) is 0 Å². The Balaban J connectivity index is 1.61. The zero-order chi connectivity index (χ0) is 26.4. The average molecular weight is 512 g/mol. The number of carbonyl (C=O) groups is 1. The Kier molecular flexibility index (Phi) is 9.08. The van der Waals surface area contributed by atoms with Gasteiger partial charge in [0.15, 0.2) is 0 Å². The van der Waals surface area contributed by atoms with E-state index in [1.165, 1.54) is 0 Å². The van der Waals surface area contributed by atoms with E-state index in [2.05, 4.69) is 0 Å². The first-order chi connectivity index (χ1) is 17.8. The lowest BCUT2D eigenvalue weighted by Crippen LogP contribution is -2.51. The number of piperidine rings is 1. The summed E-state index contributed by atoms with van der Waals surface area (Å²) in [5, 5.41) is 22.5. The fourth-order valence-corrected chi connectivity index (χ4v) is 5.61. The van der Waals surface area contributed by atoms with Crippen LogP contribution in [0.1, 0.15) is 43.2 Å². The van der Waals surface area contributed by atoms with E-state index >= 15 is 0 Å². The fourth-order valence-electron chi connectivity index (χ4n) is 5.61. The number of likely N-dealkylation sites (tertiary alicyclic amines) is 2. The average Bonchev–Trinajstić information content (AvgIpc) is 3.25. The number of aryl methyl sites for hydroxylation is 1. The first kappa shape index (κ1) is 27.4. The van der Waals surface area contributed by atoms with Gasteiger partial charge in [-0.25, -0.2) is 4.79 Å². The van der Waals surface area contributed by atoms with Crippen LogP contribution in [0.3, 0.4) is 0 Å². The van der Waals surface area contributed by atoms with Crippen molar-refractivity contribution in [3.63, 3.8) is 0 Å². The molecule has 2 heterocycles. The Hall–Kier alpha value is -2.65. The molecular formula is C29H41N3O5. The smallest absolute Gasteiger partial charge is 0.320 e. The summed E-state index contributed by atoms with van der Waals surface area (Å²) < 4.78 is 11.6. The monoisotopic (exact) mass is 511 g/mol. The lowest BCUT2D eigenvalue weighted by molar-refractivity contribution is -0.0587. The van der Waals surface area contributed by atoms with E-state index in [0.29, 0.717) is 38.4 Å². The lowest BCUT2D eigenvalue weighted by Gasteiger charge is -2.44. The Morgan fingerprint density at radius 1 is 1.05 bits per heavy atom. The number of ether oxygens (including phenoxy) is 2. The molecule has 8 heteroatoms. The quantitative estimate of drug-likeness (QED) is 0.444. The molecule has 0 radical (unpaired) electrons. The Morgan fingerprint density at radius 3 is 2.49 bits per heavy atom. The molecule has 2 aliphatic heterocycles. The third-order valence-electron chi connectivity index (χ3n) is 7.79. The minimum Gasteiger partial charge on any atom is -0.457 e. The molecule has 202 valence electrons. The van der Waals surface area contributed by atoms with Gasteiger partial charge in [0, 0.05) is 57.4 Å². The number of β-amino-alcohol motifs (C(OH)–C–C–N with tert-alkyl or cyclic N) is 1. The van der Waals surface area contributed by atoms with Crippen LogP contribution in [0.25, 0.3) is 0 Å². The molecular weight excluding hydrogens is 470 g/mol. The SMILES string of the molecule is COCCCC[C@@](O)(c1ccccc1Oc1ccccc1C)C1CCCN(C(=O)N2C[C@@H](N)[C@@H](O)C2)C1. The number of nitrogens with two attached hydrogens (primary N) is 1. The number of methoxy groups -OCH3 is 1. The minimum atomic E-state index is -1.19. The molecule has 2 aromatic carbocycles. The molecule has 2 amide bonds. The molecule has 0 bridgehead atoms. The molecule has 0 spiro atoms. The first-order valence-electron chi connectivity index (χ1n) is 13.3. The standard InChI is InChI=1S/C29H41N3O5/c1-21-10-3-5-13-26(21)37-27-14-6-4-12-23(27)29(35,15-7-8-17-36-2)22-11-9-16-31(18-22)28(34)32-19-24(30)25(33)20-32/h3-6,10,12-14,22,24-25,33,35H,7-9,11,15-20,30H2,1-2H3/t22?,24-,25+,29+/m1/s1. The van der Waals surface area contributed by atoms with Crippen molar-refractivity contribution in [3.05, 3.63) is 59.7 Å². The number of benzene rings is 2. The van der Waals surface area contributed by atoms with Crippen molar-refractivity contribution in [1.82, 2.24) is 9.80 Å². The molecule has 2 fully saturated rings. The summed E-state index contributed by atoms with van der Waals surface area (Å²) in [6.45, 7) is 4.27. The van der Waals surface area contributed by atoms with Gasteiger partial charge in [0.1, 0.15) is 11.5 Å². The van der Waals surface area contributed by atoms with Crippen LogP contribution in [-0.2, 0) is 10.3 Å². The van der Waals surface area contributed by atoms with Gasteiger partial charge < -0.3 is 35.2 Å². The molecule has 2 aliphatic rings. The number of aliphatic hydroxyl groups is 2. The van der Waals surface area contributed by atoms with Crippen LogP contribution in [0.5, 0.6) is 11.5 Å². The van der Waals surface area contributed by atoms with E-state index in [-0.39, 0.29) is 18.5 Å². The molecule has 4 rings (SSSR count). The van der Waals surface area contributed by atoms with Crippen LogP contribution in [0.4, 0.5) is 4.79 Å². The third kappa shape index (κ3) is 6.26. The van der Waals surface area contributed by atoms with E-state index in [1.807, 2.05) is 60.4 Å². The van der Waals surface area contributed by atoms with E-state index in [9.17, 15) is 15.0 Å². The van der Waals surface area contributed by atoms with E-state index in [0.717, 1.165) is 42.6 Å². The number of nitrogens with zero attached hydrogens (tertiary/aromatic N) is 2. The van der Waals surface area contributed by atoms with Crippen LogP contribution in [0.2, 0.25) is 0 Å². The Bertz CT molecular complexity index is 1040. The van der Waals surface area contributed by atoms with Gasteiger partial charge in [0.25, 0.3) is 0 Å². The number of aliphatic hydroxyl groups excluding tert-OH is 1. The number of urea groups is 1. The van der Waals surface area contributed by atoms with Crippen LogP contribution < -0.4 is 10.5 Å². The number of hydrogen-bond donors (Lipinski definition) is 3. The summed E-state index contributed by atoms with van der Waals surface area (Å²) in [5.41, 5.74) is 6.52. The summed E-state index contributed by atoms with van der Waals surface area (Å²) in [7, 11) is 1.68. The molecule has 37 heavy (non-hydrogen) atoms. The minimum absolute atomic E-state index is 0.122. The van der Waals surface area contributed by atoms with Gasteiger partial charge in [-0.15, -0.1) is 0 Å². The molecule has 2 aromatic rings. The molecule has 1 unspecified atom stereocenters. The molecule has 0 aromatic heterocycles. The molecule has 8 nitrogen and oxygen atoms in total. The number of carbonyl (C=O) groups excluding carboxylic acids is 1. The van der Waals surface area contributed by atoms with Crippen molar-refractivity contribution in [1.29, 1.82) is 0 Å². The van der Waals surface area contributed by atoms with Crippen molar-refractivity contribution in [2.45, 2.75) is 56.8 Å². The second-order valence-corrected chi connectivity index (χ2v) is 10.4. The van der Waals surface area contributed by atoms with Crippen molar-refractivity contribution >= 4 is 6.03 Å². The third-order valence-corrected chi connectivity index (χ3v) is 7.79. The maximum Gasteiger partial charge on any atom is 0.320 e. The number of amides is 2. The Morgan fingerprint density at radius 2 is 1.78 bits per heavy atom. The lowest BCUT2D eigenvalue weighted by atomic mass is 9.73. The van der Waals surface area contributed by atoms with Crippen LogP contribution in [0.15, 0.2) is 48.5 Å². The van der Waals surface area contributed by atoms with E-state index in [1.54, 1.807) is 12.0 Å². The molecule has 4 atom stereocenters. The van der Waals surface area contributed by atoms with E-state index < -0.39 is 17.7 Å².